The van der Waals surface area contributed by atoms with Gasteiger partial charge in [0.25, 0.3) is 0 Å². The van der Waals surface area contributed by atoms with Gasteiger partial charge in [-0.1, -0.05) is 56.3 Å². The number of rotatable bonds is 6. The van der Waals surface area contributed by atoms with Gasteiger partial charge in [0, 0.05) is 0 Å². The average molecular weight is 368 g/mol. The molecule has 26 heavy (non-hydrogen) atoms. The lowest BCUT2D eigenvalue weighted by atomic mass is 10.0. The van der Waals surface area contributed by atoms with Crippen LogP contribution in [-0.4, -0.2) is 22.9 Å². The molecule has 0 bridgehead atoms. The van der Waals surface area contributed by atoms with E-state index in [9.17, 15) is 9.59 Å². The molecular formula is C20H20N2O3S. The van der Waals surface area contributed by atoms with Crippen LogP contribution in [0.1, 0.15) is 29.2 Å². The third-order valence-electron chi connectivity index (χ3n) is 3.94. The Labute approximate surface area is 156 Å². The number of nitrogens with one attached hydrogen (secondary N) is 1. The zero-order valence-electron chi connectivity index (χ0n) is 14.6. The van der Waals surface area contributed by atoms with Crippen LogP contribution in [0.15, 0.2) is 54.6 Å². The Morgan fingerprint density at radius 1 is 1.08 bits per heavy atom. The SMILES string of the molecule is CC(C)C(NC(=O)OCc1ccccc1)C(=O)c1nc2ccccc2s1. The van der Waals surface area contributed by atoms with E-state index in [-0.39, 0.29) is 18.3 Å². The minimum Gasteiger partial charge on any atom is -0.445 e. The number of alkyl carbamates (subject to hydrolysis) is 1. The molecule has 0 saturated carbocycles. The van der Waals surface area contributed by atoms with Crippen molar-refractivity contribution in [3.05, 3.63) is 65.2 Å². The largest absolute Gasteiger partial charge is 0.445 e. The number of carbonyl (C=O) groups excluding carboxylic acids is 2. The van der Waals surface area contributed by atoms with E-state index in [2.05, 4.69) is 10.3 Å². The van der Waals surface area contributed by atoms with E-state index in [1.54, 1.807) is 0 Å². The number of nitrogens with zero attached hydrogens (tertiary/aromatic N) is 1. The fraction of sp³-hybridized carbons (Fsp3) is 0.250. The highest BCUT2D eigenvalue weighted by Crippen LogP contribution is 2.23. The van der Waals surface area contributed by atoms with Gasteiger partial charge in [-0.05, 0) is 23.6 Å². The molecule has 5 nitrogen and oxygen atoms in total. The first kappa shape index (κ1) is 18.1. The van der Waals surface area contributed by atoms with E-state index in [4.69, 9.17) is 4.74 Å². The highest BCUT2D eigenvalue weighted by molar-refractivity contribution is 7.20. The van der Waals surface area contributed by atoms with Crippen molar-refractivity contribution in [2.24, 2.45) is 5.92 Å². The van der Waals surface area contributed by atoms with Gasteiger partial charge in [0.1, 0.15) is 12.6 Å². The van der Waals surface area contributed by atoms with Gasteiger partial charge < -0.3 is 10.1 Å². The number of Topliss-reactive ketones (excluding diaryl/α,β-unsaturated/α-hetero) is 1. The van der Waals surface area contributed by atoms with Crippen LogP contribution >= 0.6 is 11.3 Å². The molecule has 0 radical (unpaired) electrons. The number of aromatic nitrogens is 1. The van der Waals surface area contributed by atoms with E-state index in [0.29, 0.717) is 5.01 Å². The number of carbonyl (C=O) groups is 2. The minimum absolute atomic E-state index is 0.0845. The molecule has 0 aliphatic heterocycles. The molecule has 1 N–H and O–H groups in total. The summed E-state index contributed by atoms with van der Waals surface area (Å²) in [6.07, 6.45) is -0.609. The molecule has 0 fully saturated rings. The van der Waals surface area contributed by atoms with Crippen molar-refractivity contribution in [1.82, 2.24) is 10.3 Å². The molecule has 3 aromatic rings. The van der Waals surface area contributed by atoms with E-state index < -0.39 is 12.1 Å². The summed E-state index contributed by atoms with van der Waals surface area (Å²) in [6, 6.07) is 16.3. The Morgan fingerprint density at radius 3 is 2.46 bits per heavy atom. The highest BCUT2D eigenvalue weighted by atomic mass is 32.1. The maximum atomic E-state index is 12.8. The lowest BCUT2D eigenvalue weighted by Crippen LogP contribution is -2.44. The van der Waals surface area contributed by atoms with E-state index in [1.165, 1.54) is 11.3 Å². The number of para-hydroxylation sites is 1. The summed E-state index contributed by atoms with van der Waals surface area (Å²) in [7, 11) is 0. The first-order valence-corrected chi connectivity index (χ1v) is 9.23. The molecule has 1 heterocycles. The van der Waals surface area contributed by atoms with Crippen LogP contribution in [0, 0.1) is 5.92 Å². The number of thiazole rings is 1. The summed E-state index contributed by atoms with van der Waals surface area (Å²) in [5.74, 6) is -0.281. The van der Waals surface area contributed by atoms with Crippen LogP contribution in [0.2, 0.25) is 0 Å². The zero-order valence-corrected chi connectivity index (χ0v) is 15.5. The summed E-state index contributed by atoms with van der Waals surface area (Å²) < 4.78 is 6.18. The van der Waals surface area contributed by atoms with Gasteiger partial charge >= 0.3 is 6.09 Å². The second-order valence-electron chi connectivity index (χ2n) is 6.28. The first-order chi connectivity index (χ1) is 12.5. The average Bonchev–Trinajstić information content (AvgIpc) is 3.09. The number of fused-ring (bicyclic) bond motifs is 1. The Hall–Kier alpha value is -2.73. The second-order valence-corrected chi connectivity index (χ2v) is 7.31. The lowest BCUT2D eigenvalue weighted by molar-refractivity contribution is 0.0886. The summed E-state index contributed by atoms with van der Waals surface area (Å²) >= 11 is 1.34. The van der Waals surface area contributed by atoms with Crippen LogP contribution in [0.3, 0.4) is 0 Å². The van der Waals surface area contributed by atoms with Gasteiger partial charge in [-0.3, -0.25) is 4.79 Å². The molecule has 1 atom stereocenters. The van der Waals surface area contributed by atoms with Gasteiger partial charge in [-0.15, -0.1) is 11.3 Å². The van der Waals surface area contributed by atoms with Crippen molar-refractivity contribution in [1.29, 1.82) is 0 Å². The zero-order chi connectivity index (χ0) is 18.5. The Balaban J connectivity index is 1.68. The number of ether oxygens (including phenoxy) is 1. The topological polar surface area (TPSA) is 68.3 Å². The Morgan fingerprint density at radius 2 is 1.77 bits per heavy atom. The number of hydrogen-bond donors (Lipinski definition) is 1. The maximum Gasteiger partial charge on any atom is 0.408 e. The summed E-state index contributed by atoms with van der Waals surface area (Å²) in [6.45, 7) is 3.92. The Kier molecular flexibility index (Phi) is 5.63. The van der Waals surface area contributed by atoms with Gasteiger partial charge in [0.2, 0.25) is 5.78 Å². The minimum atomic E-state index is -0.682. The Bertz CT molecular complexity index is 873. The van der Waals surface area contributed by atoms with E-state index in [1.807, 2.05) is 68.4 Å². The van der Waals surface area contributed by atoms with Crippen LogP contribution in [0.25, 0.3) is 10.2 Å². The molecule has 1 amide bonds. The van der Waals surface area contributed by atoms with Gasteiger partial charge in [0.05, 0.1) is 10.2 Å². The summed E-state index contributed by atoms with van der Waals surface area (Å²) in [4.78, 5) is 29.4. The fourth-order valence-corrected chi connectivity index (χ4v) is 3.48. The molecule has 0 saturated heterocycles. The highest BCUT2D eigenvalue weighted by Gasteiger charge is 2.28. The normalized spacial score (nSPS) is 12.1. The van der Waals surface area contributed by atoms with Crippen molar-refractivity contribution >= 4 is 33.4 Å². The first-order valence-electron chi connectivity index (χ1n) is 8.41. The predicted molar refractivity (Wildman–Crippen MR) is 102 cm³/mol. The molecule has 0 aliphatic carbocycles. The number of hydrogen-bond acceptors (Lipinski definition) is 5. The smallest absolute Gasteiger partial charge is 0.408 e. The quantitative estimate of drug-likeness (QED) is 0.654. The molecule has 3 rings (SSSR count). The third-order valence-corrected chi connectivity index (χ3v) is 4.99. The molecule has 134 valence electrons. The molecule has 1 aromatic heterocycles. The second kappa shape index (κ2) is 8.10. The summed E-state index contributed by atoms with van der Waals surface area (Å²) in [5, 5.41) is 3.08. The fourth-order valence-electron chi connectivity index (χ4n) is 2.54. The molecule has 1 unspecified atom stereocenters. The third kappa shape index (κ3) is 4.26. The monoisotopic (exact) mass is 368 g/mol. The van der Waals surface area contributed by atoms with Gasteiger partial charge in [-0.25, -0.2) is 9.78 Å². The van der Waals surface area contributed by atoms with E-state index >= 15 is 0 Å². The lowest BCUT2D eigenvalue weighted by Gasteiger charge is -2.19. The van der Waals surface area contributed by atoms with Crippen LogP contribution in [0.5, 0.6) is 0 Å². The summed E-state index contributed by atoms with van der Waals surface area (Å²) in [5.41, 5.74) is 1.68. The van der Waals surface area contributed by atoms with Crippen molar-refractivity contribution in [2.45, 2.75) is 26.5 Å². The van der Waals surface area contributed by atoms with Crippen LogP contribution in [0.4, 0.5) is 4.79 Å². The van der Waals surface area contributed by atoms with Crippen LogP contribution < -0.4 is 5.32 Å². The molecular weight excluding hydrogens is 348 g/mol. The van der Waals surface area contributed by atoms with E-state index in [0.717, 1.165) is 15.8 Å². The number of amides is 1. The molecule has 0 aliphatic rings. The van der Waals surface area contributed by atoms with Crippen molar-refractivity contribution in [3.8, 4) is 0 Å². The van der Waals surface area contributed by atoms with Crippen LogP contribution in [-0.2, 0) is 11.3 Å². The molecule has 6 heteroatoms. The van der Waals surface area contributed by atoms with Crippen molar-refractivity contribution < 1.29 is 14.3 Å². The molecule has 0 spiro atoms. The van der Waals surface area contributed by atoms with Crippen molar-refractivity contribution in [3.63, 3.8) is 0 Å². The number of ketones is 1. The number of benzene rings is 2. The predicted octanol–water partition coefficient (Wildman–Crippen LogP) is 4.43. The van der Waals surface area contributed by atoms with Gasteiger partial charge in [0.15, 0.2) is 5.01 Å². The maximum absolute atomic E-state index is 12.8. The molecule has 2 aromatic carbocycles. The van der Waals surface area contributed by atoms with Gasteiger partial charge in [-0.2, -0.15) is 0 Å². The van der Waals surface area contributed by atoms with Crippen molar-refractivity contribution in [2.75, 3.05) is 0 Å². The standard InChI is InChI=1S/C20H20N2O3S/c1-13(2)17(22-20(24)25-12-14-8-4-3-5-9-14)18(23)19-21-15-10-6-7-11-16(15)26-19/h3-11,13,17H,12H2,1-2H3,(H,22,24).